The van der Waals surface area contributed by atoms with Crippen LogP contribution in [-0.4, -0.2) is 43.7 Å². The molecule has 0 fully saturated rings. The molecule has 4 nitrogen and oxygen atoms in total. The fourth-order valence-electron chi connectivity index (χ4n) is 2.29. The Balaban J connectivity index is 4.24. The van der Waals surface area contributed by atoms with Crippen LogP contribution in [0.25, 0.3) is 0 Å². The molecule has 20 heavy (non-hydrogen) atoms. The maximum atomic E-state index is 12.4. The molecule has 2 N–H and O–H groups in total. The van der Waals surface area contributed by atoms with E-state index in [4.69, 9.17) is 10.5 Å². The van der Waals surface area contributed by atoms with Crippen molar-refractivity contribution in [3.8, 4) is 0 Å². The summed E-state index contributed by atoms with van der Waals surface area (Å²) in [4.78, 5) is 14.3. The molecular formula is C16H34N2O2. The lowest BCUT2D eigenvalue weighted by Gasteiger charge is -2.26. The summed E-state index contributed by atoms with van der Waals surface area (Å²) in [6.45, 7) is 6.33. The summed E-state index contributed by atoms with van der Waals surface area (Å²) in [5, 5.41) is 0. The highest BCUT2D eigenvalue weighted by Crippen LogP contribution is 2.08. The molecular weight excluding hydrogens is 252 g/mol. The van der Waals surface area contributed by atoms with Crippen LogP contribution in [0.5, 0.6) is 0 Å². The summed E-state index contributed by atoms with van der Waals surface area (Å²) in [5.74, 6) is 0.0583. The van der Waals surface area contributed by atoms with Crippen molar-refractivity contribution in [3.63, 3.8) is 0 Å². The Bertz CT molecular complexity index is 219. The average molecular weight is 286 g/mol. The van der Waals surface area contributed by atoms with E-state index in [2.05, 4.69) is 13.8 Å². The SMILES string of the molecule is CCCCCCN(CCCCCC)C(=O)C(CN)OC. The fraction of sp³-hybridized carbons (Fsp3) is 0.938. The first-order valence-electron chi connectivity index (χ1n) is 8.22. The molecule has 0 rings (SSSR count). The maximum Gasteiger partial charge on any atom is 0.253 e. The van der Waals surface area contributed by atoms with Gasteiger partial charge in [-0.3, -0.25) is 4.79 Å². The number of unbranched alkanes of at least 4 members (excludes halogenated alkanes) is 6. The molecule has 0 heterocycles. The van der Waals surface area contributed by atoms with Gasteiger partial charge in [0.15, 0.2) is 0 Å². The minimum Gasteiger partial charge on any atom is -0.370 e. The number of hydrogen-bond acceptors (Lipinski definition) is 3. The van der Waals surface area contributed by atoms with Crippen LogP contribution < -0.4 is 5.73 Å². The zero-order valence-corrected chi connectivity index (χ0v) is 13.7. The quantitative estimate of drug-likeness (QED) is 0.530. The standard InChI is InChI=1S/C16H34N2O2/c1-4-6-8-10-12-18(13-11-9-7-5-2)16(19)15(14-17)20-3/h15H,4-14,17H2,1-3H3. The highest BCUT2D eigenvalue weighted by atomic mass is 16.5. The van der Waals surface area contributed by atoms with E-state index in [9.17, 15) is 4.79 Å². The normalized spacial score (nSPS) is 12.4. The van der Waals surface area contributed by atoms with Crippen molar-refractivity contribution in [2.24, 2.45) is 5.73 Å². The number of nitrogens with two attached hydrogens (primary N) is 1. The maximum absolute atomic E-state index is 12.4. The number of carbonyl (C=O) groups is 1. The van der Waals surface area contributed by atoms with Crippen LogP contribution >= 0.6 is 0 Å². The predicted molar refractivity (Wildman–Crippen MR) is 84.7 cm³/mol. The summed E-state index contributed by atoms with van der Waals surface area (Å²) < 4.78 is 5.18. The largest absolute Gasteiger partial charge is 0.370 e. The first-order valence-corrected chi connectivity index (χ1v) is 8.22. The van der Waals surface area contributed by atoms with E-state index >= 15 is 0 Å². The average Bonchev–Trinajstić information content (AvgIpc) is 2.46. The Morgan fingerprint density at radius 2 is 1.50 bits per heavy atom. The van der Waals surface area contributed by atoms with Gasteiger partial charge in [0.25, 0.3) is 5.91 Å². The first-order chi connectivity index (χ1) is 9.71. The molecule has 0 spiro atoms. The second-order valence-electron chi connectivity index (χ2n) is 5.41. The predicted octanol–water partition coefficient (Wildman–Crippen LogP) is 2.95. The molecule has 120 valence electrons. The van der Waals surface area contributed by atoms with E-state index in [1.54, 1.807) is 7.11 Å². The van der Waals surface area contributed by atoms with Gasteiger partial charge in [-0.1, -0.05) is 52.4 Å². The second-order valence-corrected chi connectivity index (χ2v) is 5.41. The van der Waals surface area contributed by atoms with Crippen molar-refractivity contribution in [1.82, 2.24) is 4.90 Å². The van der Waals surface area contributed by atoms with Gasteiger partial charge in [-0.15, -0.1) is 0 Å². The number of methoxy groups -OCH3 is 1. The molecule has 0 aromatic carbocycles. The molecule has 0 bridgehead atoms. The lowest BCUT2D eigenvalue weighted by Crippen LogP contribution is -2.44. The highest BCUT2D eigenvalue weighted by Gasteiger charge is 2.22. The molecule has 0 aliphatic rings. The van der Waals surface area contributed by atoms with E-state index < -0.39 is 6.10 Å². The van der Waals surface area contributed by atoms with Crippen molar-refractivity contribution in [1.29, 1.82) is 0 Å². The van der Waals surface area contributed by atoms with Gasteiger partial charge in [0.2, 0.25) is 0 Å². The lowest BCUT2D eigenvalue weighted by atomic mass is 10.1. The molecule has 1 unspecified atom stereocenters. The van der Waals surface area contributed by atoms with Crippen LogP contribution in [0.3, 0.4) is 0 Å². The third-order valence-electron chi connectivity index (χ3n) is 3.65. The van der Waals surface area contributed by atoms with Gasteiger partial charge in [0.1, 0.15) is 6.10 Å². The summed E-state index contributed by atoms with van der Waals surface area (Å²) in [5.41, 5.74) is 5.60. The Kier molecular flexibility index (Phi) is 13.0. The van der Waals surface area contributed by atoms with Gasteiger partial charge in [0, 0.05) is 26.7 Å². The summed E-state index contributed by atoms with van der Waals surface area (Å²) >= 11 is 0. The van der Waals surface area contributed by atoms with Gasteiger partial charge in [-0.25, -0.2) is 0 Å². The van der Waals surface area contributed by atoms with Crippen molar-refractivity contribution >= 4 is 5.91 Å². The summed E-state index contributed by atoms with van der Waals surface area (Å²) in [6, 6.07) is 0. The number of ether oxygens (including phenoxy) is 1. The molecule has 0 saturated carbocycles. The van der Waals surface area contributed by atoms with Crippen molar-refractivity contribution in [3.05, 3.63) is 0 Å². The highest BCUT2D eigenvalue weighted by molar-refractivity contribution is 5.81. The van der Waals surface area contributed by atoms with Crippen LogP contribution in [-0.2, 0) is 9.53 Å². The number of rotatable bonds is 13. The second kappa shape index (κ2) is 13.4. The molecule has 0 aliphatic carbocycles. The molecule has 1 atom stereocenters. The van der Waals surface area contributed by atoms with Crippen LogP contribution in [0, 0.1) is 0 Å². The van der Waals surface area contributed by atoms with E-state index in [0.717, 1.165) is 25.9 Å². The van der Waals surface area contributed by atoms with Crippen molar-refractivity contribution in [2.75, 3.05) is 26.7 Å². The first kappa shape index (κ1) is 19.4. The van der Waals surface area contributed by atoms with Crippen LogP contribution in [0.2, 0.25) is 0 Å². The zero-order chi connectivity index (χ0) is 15.2. The minimum atomic E-state index is -0.479. The molecule has 0 aliphatic heterocycles. The van der Waals surface area contributed by atoms with E-state index in [-0.39, 0.29) is 12.5 Å². The van der Waals surface area contributed by atoms with Gasteiger partial charge >= 0.3 is 0 Å². The molecule has 1 amide bonds. The Labute approximate surface area is 125 Å². The monoisotopic (exact) mass is 286 g/mol. The van der Waals surface area contributed by atoms with E-state index in [1.165, 1.54) is 38.5 Å². The van der Waals surface area contributed by atoms with Gasteiger partial charge in [-0.2, -0.15) is 0 Å². The van der Waals surface area contributed by atoms with Gasteiger partial charge in [0.05, 0.1) is 0 Å². The smallest absolute Gasteiger partial charge is 0.253 e. The molecule has 0 saturated heterocycles. The van der Waals surface area contributed by atoms with Crippen LogP contribution in [0.15, 0.2) is 0 Å². The Hall–Kier alpha value is -0.610. The third kappa shape index (κ3) is 8.54. The lowest BCUT2D eigenvalue weighted by molar-refractivity contribution is -0.141. The van der Waals surface area contributed by atoms with Gasteiger partial charge < -0.3 is 15.4 Å². The summed E-state index contributed by atoms with van der Waals surface area (Å²) in [7, 11) is 1.56. The molecule has 4 heteroatoms. The van der Waals surface area contributed by atoms with Crippen molar-refractivity contribution in [2.45, 2.75) is 71.3 Å². The molecule has 0 aromatic rings. The number of amides is 1. The zero-order valence-electron chi connectivity index (χ0n) is 13.7. The fourth-order valence-corrected chi connectivity index (χ4v) is 2.29. The number of hydrogen-bond donors (Lipinski definition) is 1. The third-order valence-corrected chi connectivity index (χ3v) is 3.65. The summed E-state index contributed by atoms with van der Waals surface area (Å²) in [6.07, 6.45) is 8.97. The number of nitrogens with zero attached hydrogens (tertiary/aromatic N) is 1. The van der Waals surface area contributed by atoms with E-state index in [0.29, 0.717) is 0 Å². The Morgan fingerprint density at radius 3 is 1.85 bits per heavy atom. The number of carbonyl (C=O) groups excluding carboxylic acids is 1. The minimum absolute atomic E-state index is 0.0583. The van der Waals surface area contributed by atoms with Gasteiger partial charge in [-0.05, 0) is 12.8 Å². The van der Waals surface area contributed by atoms with Crippen LogP contribution in [0.1, 0.15) is 65.2 Å². The van der Waals surface area contributed by atoms with Crippen LogP contribution in [0.4, 0.5) is 0 Å². The van der Waals surface area contributed by atoms with E-state index in [1.807, 2.05) is 4.90 Å². The van der Waals surface area contributed by atoms with Crippen molar-refractivity contribution < 1.29 is 9.53 Å². The molecule has 0 aromatic heterocycles. The topological polar surface area (TPSA) is 55.6 Å². The Morgan fingerprint density at radius 1 is 1.00 bits per heavy atom. The molecule has 0 radical (unpaired) electrons.